The van der Waals surface area contributed by atoms with E-state index in [4.69, 9.17) is 5.73 Å². The molecule has 0 amide bonds. The Morgan fingerprint density at radius 2 is 1.92 bits per heavy atom. The number of nitrogens with two attached hydrogens (primary N) is 1. The molecule has 0 aliphatic carbocycles. The van der Waals surface area contributed by atoms with Gasteiger partial charge in [0.25, 0.3) is 0 Å². The number of hydrogen-bond donors (Lipinski definition) is 1. The molecule has 1 heterocycles. The van der Waals surface area contributed by atoms with Crippen molar-refractivity contribution in [2.75, 3.05) is 5.73 Å². The average Bonchev–Trinajstić information content (AvgIpc) is 1.97. The van der Waals surface area contributed by atoms with Crippen LogP contribution in [0.2, 0.25) is 14.8 Å². The molecule has 72 valence electrons. The van der Waals surface area contributed by atoms with E-state index in [1.54, 1.807) is 0 Å². The molecule has 0 aliphatic heterocycles. The summed E-state index contributed by atoms with van der Waals surface area (Å²) in [5.74, 6) is -0.512. The zero-order valence-corrected chi connectivity index (χ0v) is 11.3. The topological polar surface area (TPSA) is 38.9 Å². The molecule has 0 radical (unpaired) electrons. The Hall–Kier alpha value is -0.321. The number of pyridine rings is 1. The molecule has 0 aromatic carbocycles. The van der Waals surface area contributed by atoms with E-state index in [1.807, 2.05) is 13.0 Å². The number of aromatic nitrogens is 1. The molecule has 2 nitrogen and oxygen atoms in total. The number of hydrogen-bond acceptors (Lipinski definition) is 2. The Labute approximate surface area is 82.2 Å². The predicted octanol–water partition coefficient (Wildman–Crippen LogP) is 1.66. The Bertz CT molecular complexity index is 308. The maximum absolute atomic E-state index is 13.2. The van der Waals surface area contributed by atoms with Crippen LogP contribution in [0.3, 0.4) is 0 Å². The first kappa shape index (κ1) is 10.8. The normalized spacial score (nSPS) is 11.8. The molecule has 0 unspecified atom stereocenters. The van der Waals surface area contributed by atoms with E-state index in [0.29, 0.717) is 0 Å². The van der Waals surface area contributed by atoms with Crippen LogP contribution in [-0.2, 0) is 0 Å². The van der Waals surface area contributed by atoms with E-state index in [-0.39, 0.29) is 5.69 Å². The number of anilines is 1. The van der Waals surface area contributed by atoms with Crippen LogP contribution in [0.15, 0.2) is 6.07 Å². The second-order valence-corrected chi connectivity index (χ2v) is 18.6. The van der Waals surface area contributed by atoms with Gasteiger partial charge in [0.15, 0.2) is 0 Å². The van der Waals surface area contributed by atoms with Crippen LogP contribution in [0.1, 0.15) is 5.56 Å². The summed E-state index contributed by atoms with van der Waals surface area (Å²) >= 11 is -2.24. The second kappa shape index (κ2) is 3.44. The van der Waals surface area contributed by atoms with Gasteiger partial charge in [0.05, 0.1) is 0 Å². The fourth-order valence-corrected chi connectivity index (χ4v) is 4.12. The summed E-state index contributed by atoms with van der Waals surface area (Å²) in [6, 6.07) is 1.93. The van der Waals surface area contributed by atoms with E-state index in [0.717, 1.165) is 9.27 Å². The summed E-state index contributed by atoms with van der Waals surface area (Å²) in [6.07, 6.45) is 0. The van der Waals surface area contributed by atoms with Gasteiger partial charge in [-0.2, -0.15) is 0 Å². The van der Waals surface area contributed by atoms with Gasteiger partial charge < -0.3 is 0 Å². The second-order valence-electron chi connectivity index (χ2n) is 4.28. The summed E-state index contributed by atoms with van der Waals surface area (Å²) in [5, 5.41) is 0. The standard InChI is InChI=1S/C6H6FN2.3CH3.Sn/c1-4-2-3-9-6(7)5(4)8;;;;/h2H,8H2,1H3;3*1H3;. The Balaban J connectivity index is 3.29. The Kier molecular flexibility index (Phi) is 2.85. The van der Waals surface area contributed by atoms with Crippen molar-refractivity contribution in [2.24, 2.45) is 0 Å². The van der Waals surface area contributed by atoms with Gasteiger partial charge in [0.1, 0.15) is 0 Å². The molecule has 1 aromatic heterocycles. The van der Waals surface area contributed by atoms with Crippen molar-refractivity contribution in [1.29, 1.82) is 0 Å². The summed E-state index contributed by atoms with van der Waals surface area (Å²) < 4.78 is 14.1. The number of nitrogens with zero attached hydrogens (tertiary/aromatic N) is 1. The van der Waals surface area contributed by atoms with Gasteiger partial charge in [-0.3, -0.25) is 0 Å². The van der Waals surface area contributed by atoms with Crippen LogP contribution in [-0.4, -0.2) is 23.4 Å². The van der Waals surface area contributed by atoms with Gasteiger partial charge in [0.2, 0.25) is 0 Å². The molecule has 1 rings (SSSR count). The van der Waals surface area contributed by atoms with Crippen LogP contribution in [0.5, 0.6) is 0 Å². The van der Waals surface area contributed by atoms with Crippen molar-refractivity contribution in [1.82, 2.24) is 4.98 Å². The van der Waals surface area contributed by atoms with Crippen LogP contribution in [0, 0.1) is 12.9 Å². The van der Waals surface area contributed by atoms with Crippen molar-refractivity contribution < 1.29 is 4.39 Å². The summed E-state index contributed by atoms with van der Waals surface area (Å²) in [7, 11) is 0. The van der Waals surface area contributed by atoms with Gasteiger partial charge in [-0.05, 0) is 0 Å². The molecule has 0 saturated carbocycles. The molecule has 4 heteroatoms. The molecular formula is C9H15FN2Sn. The van der Waals surface area contributed by atoms with Gasteiger partial charge in [-0.25, -0.2) is 0 Å². The molecular weight excluding hydrogens is 274 g/mol. The predicted molar refractivity (Wildman–Crippen MR) is 56.3 cm³/mol. The van der Waals surface area contributed by atoms with Gasteiger partial charge in [0, 0.05) is 0 Å². The monoisotopic (exact) mass is 290 g/mol. The van der Waals surface area contributed by atoms with Crippen LogP contribution in [0.25, 0.3) is 0 Å². The van der Waals surface area contributed by atoms with Crippen LogP contribution >= 0.6 is 0 Å². The van der Waals surface area contributed by atoms with Crippen molar-refractivity contribution in [3.05, 3.63) is 17.6 Å². The molecule has 0 bridgehead atoms. The fourth-order valence-electron chi connectivity index (χ4n) is 1.03. The third kappa shape index (κ3) is 2.33. The minimum absolute atomic E-state index is 0.180. The molecule has 0 aliphatic rings. The number of aryl methyl sites for hydroxylation is 1. The van der Waals surface area contributed by atoms with E-state index < -0.39 is 24.3 Å². The van der Waals surface area contributed by atoms with Crippen LogP contribution < -0.4 is 9.44 Å². The molecule has 0 spiro atoms. The first-order chi connectivity index (χ1) is 5.82. The number of rotatable bonds is 1. The third-order valence-corrected chi connectivity index (χ3v) is 7.10. The van der Waals surface area contributed by atoms with Crippen molar-refractivity contribution in [3.63, 3.8) is 0 Å². The molecule has 0 saturated heterocycles. The fraction of sp³-hybridized carbons (Fsp3) is 0.444. The molecule has 13 heavy (non-hydrogen) atoms. The average molecular weight is 289 g/mol. The first-order valence-electron chi connectivity index (χ1n) is 4.25. The van der Waals surface area contributed by atoms with Crippen LogP contribution in [0.4, 0.5) is 10.1 Å². The van der Waals surface area contributed by atoms with E-state index in [1.165, 1.54) is 0 Å². The van der Waals surface area contributed by atoms with Crippen molar-refractivity contribution in [3.8, 4) is 0 Å². The van der Waals surface area contributed by atoms with Gasteiger partial charge in [-0.1, -0.05) is 0 Å². The third-order valence-electron chi connectivity index (χ3n) is 1.99. The maximum atomic E-state index is 13.2. The minimum atomic E-state index is -2.24. The van der Waals surface area contributed by atoms with Gasteiger partial charge in [-0.15, -0.1) is 0 Å². The van der Waals surface area contributed by atoms with E-state index in [9.17, 15) is 4.39 Å². The molecule has 0 fully saturated rings. The van der Waals surface area contributed by atoms with Gasteiger partial charge >= 0.3 is 82.2 Å². The van der Waals surface area contributed by atoms with Crippen molar-refractivity contribution in [2.45, 2.75) is 21.7 Å². The molecule has 2 N–H and O–H groups in total. The first-order valence-corrected chi connectivity index (χ1v) is 14.2. The summed E-state index contributed by atoms with van der Waals surface area (Å²) in [5.41, 5.74) is 6.46. The quantitative estimate of drug-likeness (QED) is 0.630. The number of nitrogen functional groups attached to an aromatic ring is 1. The zero-order chi connectivity index (χ0) is 10.2. The Morgan fingerprint density at radius 3 is 2.31 bits per heavy atom. The molecule has 0 atom stereocenters. The SMILES string of the molecule is Cc1c[c]([Sn]([CH3])([CH3])[CH3])nc(F)c1N. The Morgan fingerprint density at radius 1 is 1.38 bits per heavy atom. The zero-order valence-electron chi connectivity index (χ0n) is 8.48. The van der Waals surface area contributed by atoms with E-state index >= 15 is 0 Å². The summed E-state index contributed by atoms with van der Waals surface area (Å²) in [4.78, 5) is 10.5. The van der Waals surface area contributed by atoms with E-state index in [2.05, 4.69) is 19.8 Å². The number of halogens is 1. The van der Waals surface area contributed by atoms with Crippen molar-refractivity contribution >= 4 is 27.8 Å². The molecule has 1 aromatic rings. The summed E-state index contributed by atoms with van der Waals surface area (Å²) in [6.45, 7) is 1.82.